The van der Waals surface area contributed by atoms with Crippen molar-refractivity contribution in [1.82, 2.24) is 9.97 Å². The molecule has 0 fully saturated rings. The number of hydrogen-bond acceptors (Lipinski definition) is 4. The second-order valence-corrected chi connectivity index (χ2v) is 6.09. The normalized spacial score (nSPS) is 11.7. The van der Waals surface area contributed by atoms with E-state index in [1.165, 1.54) is 19.1 Å². The molecule has 3 rings (SSSR count). The topological polar surface area (TPSA) is 84.1 Å². The molecule has 0 saturated carbocycles. The molecule has 1 amide bonds. The SMILES string of the molecule is CC(OC(=O)c1ccc(-c2ncc[nH]2)cc1)C(=O)Nc1ccc(F)c(Cl)c1. The van der Waals surface area contributed by atoms with Gasteiger partial charge in [0.15, 0.2) is 6.10 Å². The molecule has 3 aromatic rings. The van der Waals surface area contributed by atoms with E-state index < -0.39 is 23.8 Å². The molecule has 0 bridgehead atoms. The van der Waals surface area contributed by atoms with Crippen molar-refractivity contribution >= 4 is 29.2 Å². The van der Waals surface area contributed by atoms with Gasteiger partial charge in [-0.15, -0.1) is 0 Å². The summed E-state index contributed by atoms with van der Waals surface area (Å²) in [6.45, 7) is 1.44. The van der Waals surface area contributed by atoms with Gasteiger partial charge in [0.2, 0.25) is 0 Å². The summed E-state index contributed by atoms with van der Waals surface area (Å²) in [5.74, 6) is -1.10. The molecule has 8 heteroatoms. The zero-order chi connectivity index (χ0) is 19.4. The summed E-state index contributed by atoms with van der Waals surface area (Å²) in [5.41, 5.74) is 1.42. The maximum atomic E-state index is 13.2. The van der Waals surface area contributed by atoms with Crippen LogP contribution in [0.1, 0.15) is 17.3 Å². The van der Waals surface area contributed by atoms with E-state index in [-0.39, 0.29) is 5.02 Å². The summed E-state index contributed by atoms with van der Waals surface area (Å²) < 4.78 is 18.3. The van der Waals surface area contributed by atoms with E-state index in [9.17, 15) is 14.0 Å². The van der Waals surface area contributed by atoms with Crippen molar-refractivity contribution < 1.29 is 18.7 Å². The number of carbonyl (C=O) groups is 2. The lowest BCUT2D eigenvalue weighted by Crippen LogP contribution is -2.30. The van der Waals surface area contributed by atoms with Crippen molar-refractivity contribution in [3.8, 4) is 11.4 Å². The number of rotatable bonds is 5. The number of amides is 1. The number of benzene rings is 2. The molecule has 2 aromatic carbocycles. The fourth-order valence-corrected chi connectivity index (χ4v) is 2.47. The first-order chi connectivity index (χ1) is 12.9. The lowest BCUT2D eigenvalue weighted by Gasteiger charge is -2.14. The van der Waals surface area contributed by atoms with Gasteiger partial charge in [-0.2, -0.15) is 0 Å². The van der Waals surface area contributed by atoms with Crippen molar-refractivity contribution in [2.24, 2.45) is 0 Å². The van der Waals surface area contributed by atoms with Gasteiger partial charge in [-0.1, -0.05) is 23.7 Å². The fourth-order valence-electron chi connectivity index (χ4n) is 2.29. The van der Waals surface area contributed by atoms with Gasteiger partial charge in [-0.05, 0) is 37.3 Å². The van der Waals surface area contributed by atoms with Gasteiger partial charge >= 0.3 is 5.97 Å². The van der Waals surface area contributed by atoms with Gasteiger partial charge in [-0.3, -0.25) is 4.79 Å². The number of hydrogen-bond donors (Lipinski definition) is 2. The molecule has 138 valence electrons. The van der Waals surface area contributed by atoms with Crippen LogP contribution in [0.25, 0.3) is 11.4 Å². The highest BCUT2D eigenvalue weighted by Crippen LogP contribution is 2.20. The average Bonchev–Trinajstić information content (AvgIpc) is 3.19. The summed E-state index contributed by atoms with van der Waals surface area (Å²) in [6, 6.07) is 10.4. The molecular weight excluding hydrogens is 373 g/mol. The number of anilines is 1. The number of imidazole rings is 1. The van der Waals surface area contributed by atoms with E-state index in [4.69, 9.17) is 16.3 Å². The van der Waals surface area contributed by atoms with Gasteiger partial charge < -0.3 is 15.0 Å². The molecule has 1 unspecified atom stereocenters. The summed E-state index contributed by atoms with van der Waals surface area (Å²) in [4.78, 5) is 31.5. The maximum absolute atomic E-state index is 13.2. The Labute approximate surface area is 159 Å². The Hall–Kier alpha value is -3.19. The van der Waals surface area contributed by atoms with Crippen LogP contribution in [0, 0.1) is 5.82 Å². The van der Waals surface area contributed by atoms with E-state index in [0.717, 1.165) is 11.6 Å². The molecule has 0 aliphatic heterocycles. The number of H-pyrrole nitrogens is 1. The molecule has 0 radical (unpaired) electrons. The highest BCUT2D eigenvalue weighted by molar-refractivity contribution is 6.31. The van der Waals surface area contributed by atoms with Crippen LogP contribution < -0.4 is 5.32 Å². The number of aromatic nitrogens is 2. The summed E-state index contributed by atoms with van der Waals surface area (Å²) in [6.07, 6.45) is 2.28. The highest BCUT2D eigenvalue weighted by atomic mass is 35.5. The number of carbonyl (C=O) groups excluding carboxylic acids is 2. The molecule has 1 heterocycles. The predicted molar refractivity (Wildman–Crippen MR) is 98.9 cm³/mol. The molecule has 1 atom stereocenters. The van der Waals surface area contributed by atoms with E-state index >= 15 is 0 Å². The Bertz CT molecular complexity index is 959. The number of ether oxygens (including phenoxy) is 1. The quantitative estimate of drug-likeness (QED) is 0.647. The standard InChI is InChI=1S/C19H15ClFN3O3/c1-11(18(25)24-14-6-7-16(21)15(20)10-14)27-19(26)13-4-2-12(3-5-13)17-22-8-9-23-17/h2-11H,1H3,(H,22,23)(H,24,25). The minimum Gasteiger partial charge on any atom is -0.449 e. The van der Waals surface area contributed by atoms with Crippen molar-refractivity contribution in [1.29, 1.82) is 0 Å². The summed E-state index contributed by atoms with van der Waals surface area (Å²) >= 11 is 5.67. The minimum absolute atomic E-state index is 0.117. The van der Waals surface area contributed by atoms with Crippen LogP contribution in [-0.2, 0) is 9.53 Å². The Morgan fingerprint density at radius 1 is 1.22 bits per heavy atom. The van der Waals surface area contributed by atoms with Crippen LogP contribution in [0.2, 0.25) is 5.02 Å². The molecule has 0 aliphatic rings. The van der Waals surface area contributed by atoms with Crippen LogP contribution in [0.3, 0.4) is 0 Å². The molecule has 2 N–H and O–H groups in total. The lowest BCUT2D eigenvalue weighted by atomic mass is 10.1. The molecule has 6 nitrogen and oxygen atoms in total. The van der Waals surface area contributed by atoms with Gasteiger partial charge in [0, 0.05) is 23.6 Å². The highest BCUT2D eigenvalue weighted by Gasteiger charge is 2.19. The summed E-state index contributed by atoms with van der Waals surface area (Å²) in [5, 5.41) is 2.40. The van der Waals surface area contributed by atoms with Crippen LogP contribution in [0.4, 0.5) is 10.1 Å². The fraction of sp³-hybridized carbons (Fsp3) is 0.105. The lowest BCUT2D eigenvalue weighted by molar-refractivity contribution is -0.123. The van der Waals surface area contributed by atoms with E-state index in [1.54, 1.807) is 36.7 Å². The Morgan fingerprint density at radius 2 is 1.96 bits per heavy atom. The second-order valence-electron chi connectivity index (χ2n) is 5.68. The van der Waals surface area contributed by atoms with Crippen LogP contribution >= 0.6 is 11.6 Å². The number of nitrogens with one attached hydrogen (secondary N) is 2. The number of halogens is 2. The van der Waals surface area contributed by atoms with Crippen molar-refractivity contribution in [2.45, 2.75) is 13.0 Å². The second kappa shape index (κ2) is 8.01. The number of esters is 1. The number of aromatic amines is 1. The Kier molecular flexibility index (Phi) is 5.52. The zero-order valence-corrected chi connectivity index (χ0v) is 15.0. The maximum Gasteiger partial charge on any atom is 0.338 e. The largest absolute Gasteiger partial charge is 0.449 e. The smallest absolute Gasteiger partial charge is 0.338 e. The average molecular weight is 388 g/mol. The Morgan fingerprint density at radius 3 is 2.59 bits per heavy atom. The first kappa shape index (κ1) is 18.6. The van der Waals surface area contributed by atoms with Crippen LogP contribution in [0.15, 0.2) is 54.9 Å². The van der Waals surface area contributed by atoms with E-state index in [2.05, 4.69) is 15.3 Å². The molecule has 0 saturated heterocycles. The predicted octanol–water partition coefficient (Wildman–Crippen LogP) is 4.05. The zero-order valence-electron chi connectivity index (χ0n) is 14.2. The van der Waals surface area contributed by atoms with E-state index in [1.807, 2.05) is 0 Å². The Balaban J connectivity index is 1.61. The molecule has 27 heavy (non-hydrogen) atoms. The third-order valence-electron chi connectivity index (χ3n) is 3.73. The molecule has 0 spiro atoms. The summed E-state index contributed by atoms with van der Waals surface area (Å²) in [7, 11) is 0. The van der Waals surface area contributed by atoms with Gasteiger partial charge in [0.1, 0.15) is 11.6 Å². The number of nitrogens with zero attached hydrogens (tertiary/aromatic N) is 1. The van der Waals surface area contributed by atoms with Crippen LogP contribution in [0.5, 0.6) is 0 Å². The van der Waals surface area contributed by atoms with Crippen molar-refractivity contribution in [3.63, 3.8) is 0 Å². The molecule has 0 aliphatic carbocycles. The van der Waals surface area contributed by atoms with Gasteiger partial charge in [0.25, 0.3) is 5.91 Å². The third kappa shape index (κ3) is 4.51. The van der Waals surface area contributed by atoms with Gasteiger partial charge in [-0.25, -0.2) is 14.2 Å². The minimum atomic E-state index is -1.05. The van der Waals surface area contributed by atoms with Crippen molar-refractivity contribution in [3.05, 3.63) is 71.3 Å². The molecular formula is C19H15ClFN3O3. The molecule has 1 aromatic heterocycles. The van der Waals surface area contributed by atoms with Gasteiger partial charge in [0.05, 0.1) is 10.6 Å². The first-order valence-corrected chi connectivity index (χ1v) is 8.38. The van der Waals surface area contributed by atoms with Crippen molar-refractivity contribution in [2.75, 3.05) is 5.32 Å². The first-order valence-electron chi connectivity index (χ1n) is 8.01. The third-order valence-corrected chi connectivity index (χ3v) is 4.02. The van der Waals surface area contributed by atoms with E-state index in [0.29, 0.717) is 17.1 Å². The monoisotopic (exact) mass is 387 g/mol. The van der Waals surface area contributed by atoms with Crippen LogP contribution in [-0.4, -0.2) is 27.9 Å².